The summed E-state index contributed by atoms with van der Waals surface area (Å²) in [6.45, 7) is 6.10. The molecule has 0 amide bonds. The van der Waals surface area contributed by atoms with Crippen LogP contribution < -0.4 is 0 Å². The molecule has 0 spiro atoms. The Morgan fingerprint density at radius 3 is 2.86 bits per heavy atom. The van der Waals surface area contributed by atoms with Gasteiger partial charge in [0.1, 0.15) is 5.75 Å². The highest BCUT2D eigenvalue weighted by atomic mass is 16.3. The van der Waals surface area contributed by atoms with E-state index in [-0.39, 0.29) is 5.41 Å². The Morgan fingerprint density at radius 2 is 2.05 bits per heavy atom. The van der Waals surface area contributed by atoms with Crippen molar-refractivity contribution >= 4 is 0 Å². The molecule has 2 fully saturated rings. The molecule has 1 saturated carbocycles. The molecule has 4 rings (SSSR count). The molecule has 1 N–H and O–H groups in total. The van der Waals surface area contributed by atoms with Crippen LogP contribution in [0.3, 0.4) is 0 Å². The van der Waals surface area contributed by atoms with Crippen molar-refractivity contribution in [3.8, 4) is 5.75 Å². The lowest BCUT2D eigenvalue weighted by atomic mass is 9.43. The number of nitrogens with zero attached hydrogens (tertiary/aromatic N) is 1. The van der Waals surface area contributed by atoms with Gasteiger partial charge in [-0.05, 0) is 62.2 Å². The number of piperidine rings is 1. The molecule has 3 unspecified atom stereocenters. The van der Waals surface area contributed by atoms with Crippen LogP contribution in [-0.4, -0.2) is 29.6 Å². The van der Waals surface area contributed by atoms with Gasteiger partial charge in [-0.3, -0.25) is 0 Å². The summed E-state index contributed by atoms with van der Waals surface area (Å²) >= 11 is 0. The summed E-state index contributed by atoms with van der Waals surface area (Å²) in [7, 11) is 2.30. The van der Waals surface area contributed by atoms with Gasteiger partial charge in [-0.15, -0.1) is 0 Å². The van der Waals surface area contributed by atoms with Crippen LogP contribution in [0.25, 0.3) is 0 Å². The van der Waals surface area contributed by atoms with Gasteiger partial charge in [-0.1, -0.05) is 32.4 Å². The molecule has 2 heteroatoms. The first kappa shape index (κ1) is 13.6. The minimum absolute atomic E-state index is 0.119. The first-order valence-corrected chi connectivity index (χ1v) is 8.50. The van der Waals surface area contributed by atoms with Crippen LogP contribution in [0.15, 0.2) is 18.2 Å². The fourth-order valence-corrected chi connectivity index (χ4v) is 6.12. The Bertz CT molecular complexity index is 583. The zero-order valence-electron chi connectivity index (χ0n) is 13.5. The standard InChI is InChI=1S/C19H27NO/c1-18-10-11-20(3)16-9-5-7-14(19(16,18)2)12-13-6-4-8-15(21)17(13)18/h4,6,8,14,16,21H,5,7,9-12H2,1-3H3/t14?,16?,18-,19?/m1/s1. The summed E-state index contributed by atoms with van der Waals surface area (Å²) in [6, 6.07) is 6.84. The SMILES string of the molecule is CN1CC[C@]2(C)c3c(O)cccc3CC3CCCC1C32C. The molecular formula is C19H27NO. The maximum Gasteiger partial charge on any atom is 0.119 e. The topological polar surface area (TPSA) is 23.5 Å². The summed E-state index contributed by atoms with van der Waals surface area (Å²) in [6.07, 6.45) is 6.35. The summed E-state index contributed by atoms with van der Waals surface area (Å²) in [5, 5.41) is 10.6. The normalized spacial score (nSPS) is 42.2. The van der Waals surface area contributed by atoms with E-state index in [9.17, 15) is 5.11 Å². The Labute approximate surface area is 128 Å². The lowest BCUT2D eigenvalue weighted by Gasteiger charge is -2.65. The van der Waals surface area contributed by atoms with Crippen molar-refractivity contribution < 1.29 is 5.11 Å². The van der Waals surface area contributed by atoms with E-state index in [4.69, 9.17) is 0 Å². The molecular weight excluding hydrogens is 258 g/mol. The summed E-state index contributed by atoms with van der Waals surface area (Å²) in [5.74, 6) is 1.29. The van der Waals surface area contributed by atoms with Gasteiger partial charge in [0, 0.05) is 17.0 Å². The molecule has 2 nitrogen and oxygen atoms in total. The third-order valence-electron chi connectivity index (χ3n) is 7.40. The molecule has 1 aliphatic heterocycles. The van der Waals surface area contributed by atoms with E-state index >= 15 is 0 Å². The molecule has 1 heterocycles. The lowest BCUT2D eigenvalue weighted by molar-refractivity contribution is -0.103. The Balaban J connectivity index is 1.96. The Hall–Kier alpha value is -1.02. The van der Waals surface area contributed by atoms with Crippen LogP contribution in [0.5, 0.6) is 5.75 Å². The maximum absolute atomic E-state index is 10.6. The second kappa shape index (κ2) is 4.25. The van der Waals surface area contributed by atoms with E-state index in [1.165, 1.54) is 30.4 Å². The maximum atomic E-state index is 10.6. The van der Waals surface area contributed by atoms with E-state index < -0.39 is 0 Å². The third-order valence-corrected chi connectivity index (χ3v) is 7.40. The van der Waals surface area contributed by atoms with Crippen LogP contribution >= 0.6 is 0 Å². The number of hydrogen-bond donors (Lipinski definition) is 1. The van der Waals surface area contributed by atoms with Crippen molar-refractivity contribution in [2.24, 2.45) is 11.3 Å². The van der Waals surface area contributed by atoms with Crippen molar-refractivity contribution in [1.82, 2.24) is 4.90 Å². The predicted molar refractivity (Wildman–Crippen MR) is 85.6 cm³/mol. The Morgan fingerprint density at radius 1 is 1.24 bits per heavy atom. The van der Waals surface area contributed by atoms with Gasteiger partial charge >= 0.3 is 0 Å². The molecule has 1 aromatic rings. The highest BCUT2D eigenvalue weighted by Gasteiger charge is 2.62. The highest BCUT2D eigenvalue weighted by molar-refractivity contribution is 5.50. The second-order valence-corrected chi connectivity index (χ2v) is 8.00. The lowest BCUT2D eigenvalue weighted by Crippen LogP contribution is -2.66. The molecule has 21 heavy (non-hydrogen) atoms. The molecule has 0 bridgehead atoms. The molecule has 1 aromatic carbocycles. The molecule has 114 valence electrons. The number of fused-ring (bicyclic) bond motifs is 2. The number of likely N-dealkylation sites (tertiary alicyclic amines) is 1. The summed E-state index contributed by atoms with van der Waals surface area (Å²) < 4.78 is 0. The van der Waals surface area contributed by atoms with Crippen molar-refractivity contribution in [3.05, 3.63) is 29.3 Å². The predicted octanol–water partition coefficient (Wildman–Crippen LogP) is 3.72. The summed E-state index contributed by atoms with van der Waals surface area (Å²) in [5.41, 5.74) is 3.09. The average Bonchev–Trinajstić information content (AvgIpc) is 2.44. The molecule has 0 radical (unpaired) electrons. The molecule has 4 atom stereocenters. The fourth-order valence-electron chi connectivity index (χ4n) is 6.12. The first-order chi connectivity index (χ1) is 9.98. The number of aromatic hydroxyl groups is 1. The van der Waals surface area contributed by atoms with Crippen LogP contribution in [0, 0.1) is 11.3 Å². The van der Waals surface area contributed by atoms with Crippen molar-refractivity contribution in [2.45, 2.75) is 57.4 Å². The first-order valence-electron chi connectivity index (χ1n) is 8.50. The van der Waals surface area contributed by atoms with Gasteiger partial charge < -0.3 is 10.0 Å². The highest BCUT2D eigenvalue weighted by Crippen LogP contribution is 2.64. The smallest absolute Gasteiger partial charge is 0.119 e. The van der Waals surface area contributed by atoms with Crippen molar-refractivity contribution in [3.63, 3.8) is 0 Å². The van der Waals surface area contributed by atoms with E-state index in [0.29, 0.717) is 17.2 Å². The number of phenolic OH excluding ortho intramolecular Hbond substituents is 1. The van der Waals surface area contributed by atoms with Crippen molar-refractivity contribution in [2.75, 3.05) is 13.6 Å². The third kappa shape index (κ3) is 1.52. The van der Waals surface area contributed by atoms with Gasteiger partial charge in [-0.2, -0.15) is 0 Å². The molecule has 0 aromatic heterocycles. The van der Waals surface area contributed by atoms with Gasteiger partial charge in [0.05, 0.1) is 0 Å². The molecule has 2 aliphatic carbocycles. The quantitative estimate of drug-likeness (QED) is 0.785. The van der Waals surface area contributed by atoms with Gasteiger partial charge in [-0.25, -0.2) is 0 Å². The fraction of sp³-hybridized carbons (Fsp3) is 0.684. The van der Waals surface area contributed by atoms with Gasteiger partial charge in [0.2, 0.25) is 0 Å². The van der Waals surface area contributed by atoms with Gasteiger partial charge in [0.15, 0.2) is 0 Å². The van der Waals surface area contributed by atoms with Crippen LogP contribution in [-0.2, 0) is 11.8 Å². The van der Waals surface area contributed by atoms with Gasteiger partial charge in [0.25, 0.3) is 0 Å². The Kier molecular flexibility index (Phi) is 2.76. The number of rotatable bonds is 0. The van der Waals surface area contributed by atoms with E-state index in [0.717, 1.165) is 25.3 Å². The van der Waals surface area contributed by atoms with Crippen molar-refractivity contribution in [1.29, 1.82) is 0 Å². The van der Waals surface area contributed by atoms with Crippen LogP contribution in [0.1, 0.15) is 50.7 Å². The second-order valence-electron chi connectivity index (χ2n) is 8.00. The monoisotopic (exact) mass is 285 g/mol. The van der Waals surface area contributed by atoms with Crippen LogP contribution in [0.2, 0.25) is 0 Å². The number of phenols is 1. The average molecular weight is 285 g/mol. The van der Waals surface area contributed by atoms with E-state index in [2.05, 4.69) is 31.9 Å². The zero-order valence-corrected chi connectivity index (χ0v) is 13.5. The minimum Gasteiger partial charge on any atom is -0.508 e. The summed E-state index contributed by atoms with van der Waals surface area (Å²) in [4.78, 5) is 2.60. The molecule has 3 aliphatic rings. The van der Waals surface area contributed by atoms with E-state index in [1.54, 1.807) is 0 Å². The van der Waals surface area contributed by atoms with E-state index in [1.807, 2.05) is 12.1 Å². The largest absolute Gasteiger partial charge is 0.508 e. The number of hydrogen-bond acceptors (Lipinski definition) is 2. The van der Waals surface area contributed by atoms with Crippen LogP contribution in [0.4, 0.5) is 0 Å². The zero-order chi connectivity index (χ0) is 14.8. The minimum atomic E-state index is 0.119. The number of benzene rings is 1. The molecule has 1 saturated heterocycles.